The minimum atomic E-state index is -0.261. The van der Waals surface area contributed by atoms with Crippen LogP contribution in [0, 0.1) is 6.92 Å². The maximum atomic E-state index is 11.6. The fourth-order valence-electron chi connectivity index (χ4n) is 2.19. The van der Waals surface area contributed by atoms with Gasteiger partial charge in [-0.05, 0) is 50.5 Å². The van der Waals surface area contributed by atoms with Crippen molar-refractivity contribution >= 4 is 17.9 Å². The predicted octanol–water partition coefficient (Wildman–Crippen LogP) is 4.44. The van der Waals surface area contributed by atoms with E-state index >= 15 is 0 Å². The molecule has 0 aliphatic carbocycles. The lowest BCUT2D eigenvalue weighted by Gasteiger charge is -2.21. The van der Waals surface area contributed by atoms with E-state index in [-0.39, 0.29) is 6.09 Å². The highest BCUT2D eigenvalue weighted by molar-refractivity contribution is 8.00. The van der Waals surface area contributed by atoms with Crippen LogP contribution in [0.4, 0.5) is 4.79 Å². The molecular weight excluding hydrogens is 298 g/mol. The fourth-order valence-corrected chi connectivity index (χ4v) is 3.52. The minimum absolute atomic E-state index is 0.261. The van der Waals surface area contributed by atoms with Crippen molar-refractivity contribution in [1.29, 1.82) is 0 Å². The zero-order chi connectivity index (χ0) is 16.5. The van der Waals surface area contributed by atoms with Gasteiger partial charge in [0.05, 0.1) is 6.61 Å². The summed E-state index contributed by atoms with van der Waals surface area (Å²) in [5.41, 5.74) is 1.09. The topological polar surface area (TPSA) is 49.8 Å². The van der Waals surface area contributed by atoms with Crippen molar-refractivity contribution in [2.45, 2.75) is 50.2 Å². The van der Waals surface area contributed by atoms with Gasteiger partial charge in [-0.1, -0.05) is 13.3 Å². The SMILES string of the molecule is CCCC(CCN(C)C(=O)OCC)Sc1ccc(O)cc1C. The van der Waals surface area contributed by atoms with Crippen molar-refractivity contribution in [3.63, 3.8) is 0 Å². The molecule has 0 radical (unpaired) electrons. The third kappa shape index (κ3) is 6.18. The van der Waals surface area contributed by atoms with Crippen LogP contribution in [0.3, 0.4) is 0 Å². The van der Waals surface area contributed by atoms with Crippen molar-refractivity contribution in [2.24, 2.45) is 0 Å². The summed E-state index contributed by atoms with van der Waals surface area (Å²) in [7, 11) is 1.78. The molecule has 0 bridgehead atoms. The summed E-state index contributed by atoms with van der Waals surface area (Å²) in [5.74, 6) is 0.302. The highest BCUT2D eigenvalue weighted by Crippen LogP contribution is 2.32. The molecule has 1 aromatic rings. The molecule has 0 fully saturated rings. The van der Waals surface area contributed by atoms with Crippen LogP contribution in [0.2, 0.25) is 0 Å². The summed E-state index contributed by atoms with van der Waals surface area (Å²) in [6, 6.07) is 5.48. The zero-order valence-corrected chi connectivity index (χ0v) is 14.8. The summed E-state index contributed by atoms with van der Waals surface area (Å²) >= 11 is 1.83. The van der Waals surface area contributed by atoms with Gasteiger partial charge in [-0.25, -0.2) is 4.79 Å². The van der Waals surface area contributed by atoms with E-state index in [1.165, 1.54) is 4.90 Å². The number of aryl methyl sites for hydroxylation is 1. The van der Waals surface area contributed by atoms with Gasteiger partial charge in [0.2, 0.25) is 0 Å². The molecule has 1 rings (SSSR count). The molecule has 0 spiro atoms. The van der Waals surface area contributed by atoms with Gasteiger partial charge in [0.1, 0.15) is 5.75 Å². The summed E-state index contributed by atoms with van der Waals surface area (Å²) in [5, 5.41) is 9.94. The third-order valence-electron chi connectivity index (χ3n) is 3.43. The van der Waals surface area contributed by atoms with Gasteiger partial charge in [0.25, 0.3) is 0 Å². The largest absolute Gasteiger partial charge is 0.508 e. The average molecular weight is 325 g/mol. The third-order valence-corrected chi connectivity index (χ3v) is 4.95. The van der Waals surface area contributed by atoms with Crippen LogP contribution in [0.5, 0.6) is 5.75 Å². The number of phenols is 1. The first-order valence-corrected chi connectivity index (χ1v) is 8.70. The number of nitrogens with zero attached hydrogens (tertiary/aromatic N) is 1. The lowest BCUT2D eigenvalue weighted by atomic mass is 10.2. The standard InChI is InChI=1S/C17H27NO3S/c1-5-7-15(10-11-18(4)17(20)21-6-2)22-16-9-8-14(19)12-13(16)3/h8-9,12,15,19H,5-7,10-11H2,1-4H3. The Kier molecular flexibility index (Phi) is 8.17. The molecule has 5 heteroatoms. The van der Waals surface area contributed by atoms with Crippen LogP contribution >= 0.6 is 11.8 Å². The number of hydrogen-bond acceptors (Lipinski definition) is 4. The van der Waals surface area contributed by atoms with Crippen molar-refractivity contribution in [2.75, 3.05) is 20.2 Å². The molecule has 0 aliphatic heterocycles. The minimum Gasteiger partial charge on any atom is -0.508 e. The first-order valence-electron chi connectivity index (χ1n) is 7.82. The van der Waals surface area contributed by atoms with Gasteiger partial charge >= 0.3 is 6.09 Å². The highest BCUT2D eigenvalue weighted by Gasteiger charge is 2.15. The van der Waals surface area contributed by atoms with Gasteiger partial charge in [0.15, 0.2) is 0 Å². The Balaban J connectivity index is 2.59. The summed E-state index contributed by atoms with van der Waals surface area (Å²) < 4.78 is 5.00. The van der Waals surface area contributed by atoms with Crippen LogP contribution in [0.15, 0.2) is 23.1 Å². The zero-order valence-electron chi connectivity index (χ0n) is 14.0. The Morgan fingerprint density at radius 3 is 2.68 bits per heavy atom. The van der Waals surface area contributed by atoms with Crippen LogP contribution in [-0.2, 0) is 4.74 Å². The van der Waals surface area contributed by atoms with E-state index in [4.69, 9.17) is 4.74 Å². The van der Waals surface area contributed by atoms with Gasteiger partial charge in [0, 0.05) is 23.7 Å². The van der Waals surface area contributed by atoms with Crippen LogP contribution < -0.4 is 0 Å². The Morgan fingerprint density at radius 2 is 2.09 bits per heavy atom. The van der Waals surface area contributed by atoms with E-state index in [2.05, 4.69) is 6.92 Å². The van der Waals surface area contributed by atoms with E-state index in [0.29, 0.717) is 24.2 Å². The molecule has 124 valence electrons. The summed E-state index contributed by atoms with van der Waals surface area (Å²) in [4.78, 5) is 14.5. The summed E-state index contributed by atoms with van der Waals surface area (Å²) in [6.45, 7) is 7.09. The second-order valence-electron chi connectivity index (χ2n) is 5.39. The van der Waals surface area contributed by atoms with Crippen molar-refractivity contribution < 1.29 is 14.6 Å². The number of benzene rings is 1. The maximum absolute atomic E-state index is 11.6. The second-order valence-corrected chi connectivity index (χ2v) is 6.73. The molecule has 1 N–H and O–H groups in total. The number of rotatable bonds is 8. The molecular formula is C17H27NO3S. The number of ether oxygens (including phenoxy) is 1. The summed E-state index contributed by atoms with van der Waals surface area (Å²) in [6.07, 6.45) is 2.87. The number of hydrogen-bond donors (Lipinski definition) is 1. The van der Waals surface area contributed by atoms with E-state index in [1.54, 1.807) is 24.1 Å². The van der Waals surface area contributed by atoms with Crippen LogP contribution in [0.25, 0.3) is 0 Å². The molecule has 22 heavy (non-hydrogen) atoms. The molecule has 0 aromatic heterocycles. The molecule has 1 aromatic carbocycles. The number of phenolic OH excluding ortho intramolecular Hbond substituents is 1. The lowest BCUT2D eigenvalue weighted by Crippen LogP contribution is -2.30. The van der Waals surface area contributed by atoms with Crippen molar-refractivity contribution in [3.8, 4) is 5.75 Å². The molecule has 1 atom stereocenters. The van der Waals surface area contributed by atoms with Gasteiger partial charge in [-0.15, -0.1) is 11.8 Å². The Labute approximate surface area is 137 Å². The Hall–Kier alpha value is -1.36. The first-order chi connectivity index (χ1) is 10.5. The Morgan fingerprint density at radius 1 is 1.36 bits per heavy atom. The van der Waals surface area contributed by atoms with Gasteiger partial charge < -0.3 is 14.7 Å². The Bertz CT molecular complexity index is 479. The van der Waals surface area contributed by atoms with Gasteiger partial charge in [-0.2, -0.15) is 0 Å². The van der Waals surface area contributed by atoms with E-state index < -0.39 is 0 Å². The number of aromatic hydroxyl groups is 1. The number of carbonyl (C=O) groups is 1. The van der Waals surface area contributed by atoms with E-state index in [1.807, 2.05) is 31.7 Å². The molecule has 0 saturated heterocycles. The molecule has 4 nitrogen and oxygen atoms in total. The van der Waals surface area contributed by atoms with Crippen molar-refractivity contribution in [3.05, 3.63) is 23.8 Å². The monoisotopic (exact) mass is 325 g/mol. The first kappa shape index (κ1) is 18.7. The maximum Gasteiger partial charge on any atom is 0.409 e. The smallest absolute Gasteiger partial charge is 0.409 e. The highest BCUT2D eigenvalue weighted by atomic mass is 32.2. The predicted molar refractivity (Wildman–Crippen MR) is 91.7 cm³/mol. The quantitative estimate of drug-likeness (QED) is 0.718. The number of carbonyl (C=O) groups excluding carboxylic acids is 1. The van der Waals surface area contributed by atoms with E-state index in [0.717, 1.165) is 24.8 Å². The van der Waals surface area contributed by atoms with Gasteiger partial charge in [-0.3, -0.25) is 0 Å². The average Bonchev–Trinajstić information content (AvgIpc) is 2.47. The lowest BCUT2D eigenvalue weighted by molar-refractivity contribution is 0.116. The van der Waals surface area contributed by atoms with Crippen LogP contribution in [-0.4, -0.2) is 41.5 Å². The molecule has 0 aliphatic rings. The number of thioether (sulfide) groups is 1. The van der Waals surface area contributed by atoms with Crippen molar-refractivity contribution in [1.82, 2.24) is 4.90 Å². The molecule has 1 unspecified atom stereocenters. The van der Waals surface area contributed by atoms with Crippen LogP contribution in [0.1, 0.15) is 38.7 Å². The molecule has 1 amide bonds. The molecule has 0 saturated carbocycles. The second kappa shape index (κ2) is 9.62. The number of amides is 1. The van der Waals surface area contributed by atoms with E-state index in [9.17, 15) is 9.90 Å². The molecule has 0 heterocycles. The fraction of sp³-hybridized carbons (Fsp3) is 0.588. The normalized spacial score (nSPS) is 12.0.